The Morgan fingerprint density at radius 1 is 1.00 bits per heavy atom. The van der Waals surface area contributed by atoms with Gasteiger partial charge >= 0.3 is 5.97 Å². The van der Waals surface area contributed by atoms with Crippen molar-refractivity contribution in [2.45, 2.75) is 98.0 Å². The van der Waals surface area contributed by atoms with E-state index in [2.05, 4.69) is 78.9 Å². The number of benzene rings is 2. The zero-order valence-electron chi connectivity index (χ0n) is 21.2. The number of hydrogen-bond acceptors (Lipinski definition) is 3. The Kier molecular flexibility index (Phi) is 6.53. The van der Waals surface area contributed by atoms with Crippen LogP contribution >= 0.6 is 0 Å². The molecule has 0 bridgehead atoms. The number of carbonyl (C=O) groups is 1. The second-order valence-corrected chi connectivity index (χ2v) is 11.9. The molecule has 0 saturated carbocycles. The summed E-state index contributed by atoms with van der Waals surface area (Å²) in [4.78, 5) is 13.3. The molecular formula is C28H37O3Si. The summed E-state index contributed by atoms with van der Waals surface area (Å²) in [5.74, 6) is 0.234. The van der Waals surface area contributed by atoms with Gasteiger partial charge in [-0.3, -0.25) is 0 Å². The van der Waals surface area contributed by atoms with Crippen molar-refractivity contribution in [1.29, 1.82) is 0 Å². The maximum Gasteiger partial charge on any atom is 0.343 e. The number of carbonyl (C=O) groups excluding carboxylic acids is 1. The summed E-state index contributed by atoms with van der Waals surface area (Å²) in [7, 11) is 3.14. The highest BCUT2D eigenvalue weighted by Crippen LogP contribution is 2.46. The molecule has 0 aromatic heterocycles. The van der Waals surface area contributed by atoms with Crippen molar-refractivity contribution in [3.05, 3.63) is 63.2 Å². The molecule has 0 N–H and O–H groups in total. The molecule has 0 aliphatic heterocycles. The predicted molar refractivity (Wildman–Crippen MR) is 132 cm³/mol. The second kappa shape index (κ2) is 8.46. The van der Waals surface area contributed by atoms with E-state index in [0.29, 0.717) is 17.9 Å². The van der Waals surface area contributed by atoms with Gasteiger partial charge in [0, 0.05) is 5.56 Å². The molecule has 3 radical (unpaired) electrons. The number of hydrogen-bond donors (Lipinski definition) is 0. The van der Waals surface area contributed by atoms with Gasteiger partial charge in [-0.2, -0.15) is 0 Å². The predicted octanol–water partition coefficient (Wildman–Crippen LogP) is 6.77. The summed E-state index contributed by atoms with van der Waals surface area (Å²) < 4.78 is 11.3. The molecule has 0 spiro atoms. The molecule has 4 heteroatoms. The summed E-state index contributed by atoms with van der Waals surface area (Å²) in [5.41, 5.74) is 7.68. The van der Waals surface area contributed by atoms with Crippen LogP contribution in [-0.2, 0) is 27.3 Å². The first-order chi connectivity index (χ1) is 14.7. The SMILES string of the molecule is Cc1cc(OC(=O)c2ccc3c(c2)C(C)(C)CCC3(C)C)c(CO[Si])c(C)c1C(C)(C)C. The third kappa shape index (κ3) is 4.58. The van der Waals surface area contributed by atoms with Gasteiger partial charge in [-0.05, 0) is 89.0 Å². The molecule has 3 nitrogen and oxygen atoms in total. The lowest BCUT2D eigenvalue weighted by atomic mass is 9.63. The zero-order chi connectivity index (χ0) is 24.1. The van der Waals surface area contributed by atoms with Gasteiger partial charge in [0.25, 0.3) is 0 Å². The van der Waals surface area contributed by atoms with E-state index in [1.807, 2.05) is 18.2 Å². The van der Waals surface area contributed by atoms with E-state index in [4.69, 9.17) is 9.16 Å². The minimum Gasteiger partial charge on any atom is -0.423 e. The number of fused-ring (bicyclic) bond motifs is 1. The molecule has 0 heterocycles. The fourth-order valence-corrected chi connectivity index (χ4v) is 5.50. The van der Waals surface area contributed by atoms with E-state index in [-0.39, 0.29) is 22.2 Å². The normalized spacial score (nSPS) is 17.1. The van der Waals surface area contributed by atoms with Crippen molar-refractivity contribution in [3.63, 3.8) is 0 Å². The van der Waals surface area contributed by atoms with Crippen LogP contribution in [0.5, 0.6) is 5.75 Å². The fourth-order valence-electron chi connectivity index (χ4n) is 5.36. The Balaban J connectivity index is 2.03. The molecule has 0 fully saturated rings. The molecule has 2 aromatic rings. The van der Waals surface area contributed by atoms with Crippen LogP contribution in [-0.4, -0.2) is 16.5 Å². The molecule has 32 heavy (non-hydrogen) atoms. The maximum absolute atomic E-state index is 13.3. The summed E-state index contributed by atoms with van der Waals surface area (Å²) in [6.45, 7) is 20.2. The van der Waals surface area contributed by atoms with E-state index in [9.17, 15) is 4.79 Å². The summed E-state index contributed by atoms with van der Waals surface area (Å²) in [6, 6.07) is 8.04. The van der Waals surface area contributed by atoms with Gasteiger partial charge in [0.1, 0.15) is 5.75 Å². The highest BCUT2D eigenvalue weighted by atomic mass is 28.2. The molecule has 0 unspecified atom stereocenters. The van der Waals surface area contributed by atoms with Crippen molar-refractivity contribution in [2.24, 2.45) is 0 Å². The van der Waals surface area contributed by atoms with E-state index >= 15 is 0 Å². The highest BCUT2D eigenvalue weighted by Gasteiger charge is 2.37. The van der Waals surface area contributed by atoms with Gasteiger partial charge in [-0.1, -0.05) is 54.5 Å². The standard InChI is InChI=1S/C28H37O3Si/c1-17-14-23(20(16-30-32)18(2)24(17)26(3,4)5)31-25(29)19-10-11-21-22(15-19)28(8,9)13-12-27(21,6)7/h10-11,14-15H,12-13,16H2,1-9H3. The molecule has 1 aliphatic carbocycles. The lowest BCUT2D eigenvalue weighted by molar-refractivity contribution is 0.0731. The lowest BCUT2D eigenvalue weighted by Crippen LogP contribution is -2.34. The topological polar surface area (TPSA) is 35.5 Å². The molecule has 3 rings (SSSR count). The average Bonchev–Trinajstić information content (AvgIpc) is 2.67. The van der Waals surface area contributed by atoms with Crippen LogP contribution in [0, 0.1) is 13.8 Å². The molecule has 2 aromatic carbocycles. The van der Waals surface area contributed by atoms with Gasteiger partial charge in [-0.15, -0.1) is 0 Å². The first-order valence-electron chi connectivity index (χ1n) is 11.5. The molecule has 0 saturated heterocycles. The van der Waals surface area contributed by atoms with Crippen molar-refractivity contribution >= 4 is 16.5 Å². The van der Waals surface area contributed by atoms with Gasteiger partial charge in [-0.25, -0.2) is 4.79 Å². The smallest absolute Gasteiger partial charge is 0.343 e. The molecule has 0 amide bonds. The summed E-state index contributed by atoms with van der Waals surface area (Å²) >= 11 is 0. The molecule has 171 valence electrons. The number of ether oxygens (including phenoxy) is 1. The van der Waals surface area contributed by atoms with Gasteiger partial charge in [0.2, 0.25) is 10.5 Å². The van der Waals surface area contributed by atoms with Gasteiger partial charge in [0.05, 0.1) is 12.2 Å². The first kappa shape index (κ1) is 24.7. The minimum atomic E-state index is -0.329. The number of esters is 1. The van der Waals surface area contributed by atoms with E-state index < -0.39 is 0 Å². The Labute approximate surface area is 197 Å². The van der Waals surface area contributed by atoms with Gasteiger partial charge < -0.3 is 9.16 Å². The third-order valence-corrected chi connectivity index (χ3v) is 7.27. The Bertz CT molecular complexity index is 1040. The summed E-state index contributed by atoms with van der Waals surface area (Å²) in [5, 5.41) is 0. The monoisotopic (exact) mass is 449 g/mol. The van der Waals surface area contributed by atoms with Crippen LogP contribution in [0.1, 0.15) is 105 Å². The van der Waals surface area contributed by atoms with Crippen molar-refractivity contribution in [3.8, 4) is 5.75 Å². The maximum atomic E-state index is 13.3. The number of aryl methyl sites for hydroxylation is 1. The van der Waals surface area contributed by atoms with Crippen LogP contribution in [0.15, 0.2) is 24.3 Å². The van der Waals surface area contributed by atoms with Crippen LogP contribution in [0.25, 0.3) is 0 Å². The minimum absolute atomic E-state index is 0.0198. The lowest BCUT2D eigenvalue weighted by Gasteiger charge is -2.42. The van der Waals surface area contributed by atoms with Crippen molar-refractivity contribution in [2.75, 3.05) is 0 Å². The van der Waals surface area contributed by atoms with Crippen molar-refractivity contribution < 1.29 is 14.0 Å². The Morgan fingerprint density at radius 2 is 1.59 bits per heavy atom. The van der Waals surface area contributed by atoms with Crippen LogP contribution in [0.4, 0.5) is 0 Å². The Hall–Kier alpha value is -1.91. The highest BCUT2D eigenvalue weighted by molar-refractivity contribution is 5.98. The number of rotatable bonds is 4. The Morgan fingerprint density at radius 3 is 2.16 bits per heavy atom. The molecular weight excluding hydrogens is 412 g/mol. The summed E-state index contributed by atoms with van der Waals surface area (Å²) in [6.07, 6.45) is 2.25. The van der Waals surface area contributed by atoms with Crippen molar-refractivity contribution in [1.82, 2.24) is 0 Å². The van der Waals surface area contributed by atoms with Gasteiger partial charge in [0.15, 0.2) is 0 Å². The van der Waals surface area contributed by atoms with Crippen LogP contribution in [0.3, 0.4) is 0 Å². The quantitative estimate of drug-likeness (QED) is 0.293. The third-order valence-electron chi connectivity index (χ3n) is 7.12. The zero-order valence-corrected chi connectivity index (χ0v) is 22.2. The van der Waals surface area contributed by atoms with E-state index in [1.165, 1.54) is 16.7 Å². The van der Waals surface area contributed by atoms with E-state index in [1.54, 1.807) is 0 Å². The fraction of sp³-hybridized carbons (Fsp3) is 0.536. The second-order valence-electron chi connectivity index (χ2n) is 11.6. The van der Waals surface area contributed by atoms with Crippen LogP contribution in [0.2, 0.25) is 0 Å². The molecule has 0 atom stereocenters. The van der Waals surface area contributed by atoms with Crippen LogP contribution < -0.4 is 4.74 Å². The van der Waals surface area contributed by atoms with E-state index in [0.717, 1.165) is 29.5 Å². The largest absolute Gasteiger partial charge is 0.423 e. The molecule has 1 aliphatic rings. The average molecular weight is 450 g/mol. The first-order valence-corrected chi connectivity index (χ1v) is 11.9.